The third-order valence-corrected chi connectivity index (χ3v) is 8.04. The lowest BCUT2D eigenvalue weighted by atomic mass is 9.79. The fraction of sp³-hybridized carbons (Fsp3) is 0.206. The topological polar surface area (TPSA) is 15.6 Å². The molecule has 178 valence electrons. The van der Waals surface area contributed by atoms with Gasteiger partial charge in [0.05, 0.1) is 11.4 Å². The Bertz CT molecular complexity index is 1640. The molecule has 0 radical (unpaired) electrons. The lowest BCUT2D eigenvalue weighted by Crippen LogP contribution is -2.24. The van der Waals surface area contributed by atoms with Gasteiger partial charge in [-0.1, -0.05) is 107 Å². The summed E-state index contributed by atoms with van der Waals surface area (Å²) in [6, 6.07) is 26.1. The number of fused-ring (bicyclic) bond motifs is 6. The molecule has 0 saturated heterocycles. The van der Waals surface area contributed by atoms with Crippen LogP contribution in [0.25, 0.3) is 21.5 Å². The highest BCUT2D eigenvalue weighted by Gasteiger charge is 2.39. The van der Waals surface area contributed by atoms with Crippen molar-refractivity contribution in [2.24, 2.45) is 4.99 Å². The summed E-state index contributed by atoms with van der Waals surface area (Å²) in [7, 11) is 2.18. The molecule has 6 rings (SSSR count). The van der Waals surface area contributed by atoms with Gasteiger partial charge >= 0.3 is 0 Å². The first-order valence-electron chi connectivity index (χ1n) is 12.7. The minimum absolute atomic E-state index is 0.0702. The highest BCUT2D eigenvalue weighted by molar-refractivity contribution is 6.12. The first-order chi connectivity index (χ1) is 17.3. The molecule has 2 aliphatic rings. The van der Waals surface area contributed by atoms with Gasteiger partial charge in [-0.05, 0) is 57.0 Å². The molecule has 0 aromatic heterocycles. The van der Waals surface area contributed by atoms with E-state index in [1.165, 1.54) is 44.1 Å². The van der Waals surface area contributed by atoms with Crippen LogP contribution < -0.4 is 4.90 Å². The number of rotatable bonds is 3. The van der Waals surface area contributed by atoms with Crippen molar-refractivity contribution in [2.75, 3.05) is 11.9 Å². The van der Waals surface area contributed by atoms with Crippen LogP contribution in [0.5, 0.6) is 0 Å². The average molecular weight is 469 g/mol. The first kappa shape index (κ1) is 22.5. The van der Waals surface area contributed by atoms with Gasteiger partial charge in [-0.3, -0.25) is 4.99 Å². The van der Waals surface area contributed by atoms with Crippen LogP contribution in [0.1, 0.15) is 38.8 Å². The van der Waals surface area contributed by atoms with Crippen molar-refractivity contribution in [1.29, 1.82) is 0 Å². The van der Waals surface area contributed by atoms with E-state index in [9.17, 15) is 0 Å². The van der Waals surface area contributed by atoms with Crippen LogP contribution in [0.15, 0.2) is 114 Å². The van der Waals surface area contributed by atoms with Crippen LogP contribution in [0.2, 0.25) is 0 Å². The molecule has 2 aliphatic heterocycles. The second-order valence-electron chi connectivity index (χ2n) is 11.0. The van der Waals surface area contributed by atoms with E-state index < -0.39 is 0 Å². The summed E-state index contributed by atoms with van der Waals surface area (Å²) < 4.78 is 0. The van der Waals surface area contributed by atoms with Gasteiger partial charge < -0.3 is 4.90 Å². The fourth-order valence-corrected chi connectivity index (χ4v) is 6.20. The Kier molecular flexibility index (Phi) is 5.05. The zero-order chi connectivity index (χ0) is 25.1. The van der Waals surface area contributed by atoms with E-state index >= 15 is 0 Å². The molecule has 0 amide bonds. The van der Waals surface area contributed by atoms with Crippen molar-refractivity contribution in [2.45, 2.75) is 38.5 Å². The molecule has 0 spiro atoms. The number of aliphatic imine (C=N–C) groups is 1. The van der Waals surface area contributed by atoms with Crippen LogP contribution in [-0.2, 0) is 10.8 Å². The molecule has 2 heterocycles. The van der Waals surface area contributed by atoms with E-state index in [-0.39, 0.29) is 10.8 Å². The Morgan fingerprint density at radius 3 is 2.03 bits per heavy atom. The number of anilines is 1. The monoisotopic (exact) mass is 468 g/mol. The van der Waals surface area contributed by atoms with E-state index in [4.69, 9.17) is 4.99 Å². The van der Waals surface area contributed by atoms with Crippen molar-refractivity contribution in [1.82, 2.24) is 0 Å². The quantitative estimate of drug-likeness (QED) is 0.274. The van der Waals surface area contributed by atoms with Gasteiger partial charge in [0.25, 0.3) is 0 Å². The average Bonchev–Trinajstić information content (AvgIpc) is 3.25. The molecular weight excluding hydrogens is 436 g/mol. The second-order valence-corrected chi connectivity index (χ2v) is 11.0. The molecule has 0 aliphatic carbocycles. The minimum Gasteiger partial charge on any atom is -0.347 e. The Morgan fingerprint density at radius 2 is 1.31 bits per heavy atom. The normalized spacial score (nSPS) is 19.1. The molecule has 0 atom stereocenters. The van der Waals surface area contributed by atoms with Gasteiger partial charge in [0.15, 0.2) is 0 Å². The predicted molar refractivity (Wildman–Crippen MR) is 156 cm³/mol. The maximum absolute atomic E-state index is 4.99. The molecule has 0 unspecified atom stereocenters. The van der Waals surface area contributed by atoms with E-state index in [2.05, 4.69) is 143 Å². The van der Waals surface area contributed by atoms with E-state index in [1.54, 1.807) is 0 Å². The van der Waals surface area contributed by atoms with E-state index in [1.807, 2.05) is 0 Å². The van der Waals surface area contributed by atoms with Gasteiger partial charge in [0.2, 0.25) is 0 Å². The fourth-order valence-electron chi connectivity index (χ4n) is 6.20. The lowest BCUT2D eigenvalue weighted by Gasteiger charge is -2.24. The highest BCUT2D eigenvalue weighted by atomic mass is 15.2. The maximum Gasteiger partial charge on any atom is 0.0681 e. The van der Waals surface area contributed by atoms with Crippen LogP contribution in [0.4, 0.5) is 11.4 Å². The van der Waals surface area contributed by atoms with Gasteiger partial charge in [0.1, 0.15) is 0 Å². The van der Waals surface area contributed by atoms with Gasteiger partial charge in [-0.25, -0.2) is 0 Å². The SMILES string of the molecule is CN1C(=CC=CC=CC2=Nc3ccc4ccccc4c3C2(C)C)C(C)(C)c2c1ccc1ccccc21. The number of hydrogen-bond donors (Lipinski definition) is 0. The van der Waals surface area contributed by atoms with Crippen LogP contribution in [-0.4, -0.2) is 12.8 Å². The molecule has 2 heteroatoms. The largest absolute Gasteiger partial charge is 0.347 e. The molecule has 4 aromatic carbocycles. The Hall–Kier alpha value is -3.91. The number of likely N-dealkylation sites (N-methyl/N-ethyl adjacent to an activating group) is 1. The van der Waals surface area contributed by atoms with Crippen molar-refractivity contribution >= 4 is 38.6 Å². The highest BCUT2D eigenvalue weighted by Crippen LogP contribution is 2.50. The Morgan fingerprint density at radius 1 is 0.667 bits per heavy atom. The van der Waals surface area contributed by atoms with E-state index in [0.717, 1.165) is 11.4 Å². The number of nitrogens with zero attached hydrogens (tertiary/aromatic N) is 2. The van der Waals surface area contributed by atoms with Gasteiger partial charge in [-0.2, -0.15) is 0 Å². The summed E-state index contributed by atoms with van der Waals surface area (Å²) in [6.45, 7) is 9.21. The maximum atomic E-state index is 4.99. The number of allylic oxidation sites excluding steroid dienone is 6. The standard InChI is InChI=1S/C34H32N2/c1-33(2)29(35-27-21-19-23-13-9-11-15-25(23)31(27)33)17-7-6-8-18-30-34(3,4)32-26-16-12-10-14-24(26)20-22-28(32)36(30)5/h6-22H,1-5H3. The Labute approximate surface area is 214 Å². The zero-order valence-electron chi connectivity index (χ0n) is 21.7. The molecule has 2 nitrogen and oxygen atoms in total. The summed E-state index contributed by atoms with van der Waals surface area (Å²) >= 11 is 0. The second kappa shape index (κ2) is 8.06. The summed E-state index contributed by atoms with van der Waals surface area (Å²) in [4.78, 5) is 7.33. The van der Waals surface area contributed by atoms with Gasteiger partial charge in [0, 0.05) is 29.3 Å². The molecule has 36 heavy (non-hydrogen) atoms. The molecule has 0 N–H and O–H groups in total. The molecule has 0 saturated carbocycles. The van der Waals surface area contributed by atoms with Crippen molar-refractivity contribution in [3.8, 4) is 0 Å². The number of hydrogen-bond acceptors (Lipinski definition) is 2. The molecule has 4 aromatic rings. The third kappa shape index (κ3) is 3.28. The van der Waals surface area contributed by atoms with Crippen LogP contribution in [0, 0.1) is 0 Å². The Balaban J connectivity index is 1.27. The summed E-state index contributed by atoms with van der Waals surface area (Å²) in [5, 5.41) is 5.21. The zero-order valence-corrected chi connectivity index (χ0v) is 21.7. The smallest absolute Gasteiger partial charge is 0.0681 e. The number of benzene rings is 4. The lowest BCUT2D eigenvalue weighted by molar-refractivity contribution is 0.645. The molecule has 0 bridgehead atoms. The summed E-state index contributed by atoms with van der Waals surface area (Å²) in [6.07, 6.45) is 10.8. The van der Waals surface area contributed by atoms with Crippen molar-refractivity contribution < 1.29 is 0 Å². The van der Waals surface area contributed by atoms with Crippen molar-refractivity contribution in [3.63, 3.8) is 0 Å². The summed E-state index contributed by atoms with van der Waals surface area (Å²) in [5.41, 5.74) is 7.31. The molecule has 0 fully saturated rings. The predicted octanol–water partition coefficient (Wildman–Crippen LogP) is 8.78. The van der Waals surface area contributed by atoms with Crippen LogP contribution in [0.3, 0.4) is 0 Å². The first-order valence-corrected chi connectivity index (χ1v) is 12.7. The molecular formula is C34H32N2. The van der Waals surface area contributed by atoms with Crippen LogP contribution >= 0.6 is 0 Å². The van der Waals surface area contributed by atoms with E-state index in [0.29, 0.717) is 0 Å². The minimum atomic E-state index is -0.130. The van der Waals surface area contributed by atoms with Gasteiger partial charge in [-0.15, -0.1) is 0 Å². The summed E-state index contributed by atoms with van der Waals surface area (Å²) in [5.74, 6) is 0. The third-order valence-electron chi connectivity index (χ3n) is 8.04. The van der Waals surface area contributed by atoms with Crippen molar-refractivity contribution in [3.05, 3.63) is 120 Å².